The minimum absolute atomic E-state index is 0.0720. The summed E-state index contributed by atoms with van der Waals surface area (Å²) in [4.78, 5) is 14.0. The molecule has 2 heteroatoms. The van der Waals surface area contributed by atoms with E-state index in [2.05, 4.69) is 18.7 Å². The van der Waals surface area contributed by atoms with E-state index in [-0.39, 0.29) is 5.78 Å². The minimum Gasteiger partial charge on any atom is -0.377 e. The molecule has 17 heavy (non-hydrogen) atoms. The summed E-state index contributed by atoms with van der Waals surface area (Å²) in [7, 11) is 0. The van der Waals surface area contributed by atoms with Crippen molar-refractivity contribution >= 4 is 5.78 Å². The van der Waals surface area contributed by atoms with Crippen LogP contribution in [0.3, 0.4) is 0 Å². The maximum absolute atomic E-state index is 11.8. The van der Waals surface area contributed by atoms with Gasteiger partial charge in [0.15, 0.2) is 5.78 Å². The molecule has 1 aromatic rings. The van der Waals surface area contributed by atoms with Crippen LogP contribution in [0.25, 0.3) is 0 Å². The summed E-state index contributed by atoms with van der Waals surface area (Å²) in [5, 5.41) is 0. The normalized spacial score (nSPS) is 10.7. The molecule has 0 fully saturated rings. The van der Waals surface area contributed by atoms with Gasteiger partial charge in [-0.15, -0.1) is 0 Å². The fourth-order valence-corrected chi connectivity index (χ4v) is 1.71. The fourth-order valence-electron chi connectivity index (χ4n) is 1.71. The van der Waals surface area contributed by atoms with Gasteiger partial charge >= 0.3 is 0 Å². The van der Waals surface area contributed by atoms with Crippen molar-refractivity contribution < 1.29 is 4.79 Å². The Morgan fingerprint density at radius 1 is 1.12 bits per heavy atom. The van der Waals surface area contributed by atoms with Crippen LogP contribution >= 0.6 is 0 Å². The third-order valence-electron chi connectivity index (χ3n) is 2.52. The number of nitrogens with zero attached hydrogens (tertiary/aromatic N) is 1. The highest BCUT2D eigenvalue weighted by Gasteiger charge is 2.01. The number of carbonyl (C=O) groups is 1. The first kappa shape index (κ1) is 13.5. The van der Waals surface area contributed by atoms with Crippen molar-refractivity contribution in [2.75, 3.05) is 13.1 Å². The van der Waals surface area contributed by atoms with Crippen molar-refractivity contribution in [2.24, 2.45) is 0 Å². The monoisotopic (exact) mass is 231 g/mol. The molecule has 0 saturated carbocycles. The summed E-state index contributed by atoms with van der Waals surface area (Å²) in [5.41, 5.74) is 0.747. The van der Waals surface area contributed by atoms with E-state index in [4.69, 9.17) is 0 Å². The quantitative estimate of drug-likeness (QED) is 0.528. The predicted octanol–water partition coefficient (Wildman–Crippen LogP) is 3.51. The maximum atomic E-state index is 11.8. The van der Waals surface area contributed by atoms with Gasteiger partial charge in [0.2, 0.25) is 0 Å². The van der Waals surface area contributed by atoms with Crippen LogP contribution in [0, 0.1) is 0 Å². The highest BCUT2D eigenvalue weighted by Crippen LogP contribution is 2.02. The first-order valence-corrected chi connectivity index (χ1v) is 6.29. The Morgan fingerprint density at radius 3 is 2.24 bits per heavy atom. The van der Waals surface area contributed by atoms with Crippen molar-refractivity contribution in [1.29, 1.82) is 0 Å². The SMILES string of the molecule is CCCN(/C=C\C(=O)c1ccccc1)CCC. The molecule has 0 spiro atoms. The third-order valence-corrected chi connectivity index (χ3v) is 2.52. The van der Waals surface area contributed by atoms with Crippen LogP contribution < -0.4 is 0 Å². The summed E-state index contributed by atoms with van der Waals surface area (Å²) >= 11 is 0. The predicted molar refractivity (Wildman–Crippen MR) is 72.1 cm³/mol. The summed E-state index contributed by atoms with van der Waals surface area (Å²) < 4.78 is 0. The van der Waals surface area contributed by atoms with E-state index in [0.717, 1.165) is 31.5 Å². The Morgan fingerprint density at radius 2 is 1.71 bits per heavy atom. The van der Waals surface area contributed by atoms with Gasteiger partial charge in [-0.3, -0.25) is 4.79 Å². The van der Waals surface area contributed by atoms with Crippen LogP contribution in [0.15, 0.2) is 42.6 Å². The number of benzene rings is 1. The van der Waals surface area contributed by atoms with E-state index in [0.29, 0.717) is 0 Å². The molecule has 0 aliphatic carbocycles. The lowest BCUT2D eigenvalue weighted by Gasteiger charge is -2.18. The Bertz CT molecular complexity index is 350. The molecule has 0 saturated heterocycles. The molecule has 0 radical (unpaired) electrons. The molecule has 0 atom stereocenters. The van der Waals surface area contributed by atoms with Crippen LogP contribution in [-0.2, 0) is 0 Å². The lowest BCUT2D eigenvalue weighted by molar-refractivity contribution is 0.104. The topological polar surface area (TPSA) is 20.3 Å². The van der Waals surface area contributed by atoms with Crippen LogP contribution in [0.4, 0.5) is 0 Å². The summed E-state index contributed by atoms with van der Waals surface area (Å²) in [6, 6.07) is 9.38. The molecule has 0 heterocycles. The number of hydrogen-bond acceptors (Lipinski definition) is 2. The molecular formula is C15H21NO. The zero-order valence-corrected chi connectivity index (χ0v) is 10.7. The molecule has 0 N–H and O–H groups in total. The van der Waals surface area contributed by atoms with Gasteiger partial charge in [0, 0.05) is 30.9 Å². The molecule has 0 aliphatic rings. The van der Waals surface area contributed by atoms with Crippen molar-refractivity contribution in [3.05, 3.63) is 48.2 Å². The maximum Gasteiger partial charge on any atom is 0.187 e. The van der Waals surface area contributed by atoms with E-state index in [1.165, 1.54) is 0 Å². The molecule has 0 amide bonds. The molecule has 2 nitrogen and oxygen atoms in total. The van der Waals surface area contributed by atoms with Gasteiger partial charge in [0.25, 0.3) is 0 Å². The summed E-state index contributed by atoms with van der Waals surface area (Å²) in [5.74, 6) is 0.0720. The van der Waals surface area contributed by atoms with Gasteiger partial charge in [-0.05, 0) is 12.8 Å². The highest BCUT2D eigenvalue weighted by atomic mass is 16.1. The largest absolute Gasteiger partial charge is 0.377 e. The Balaban J connectivity index is 2.59. The zero-order chi connectivity index (χ0) is 12.5. The first-order valence-electron chi connectivity index (χ1n) is 6.29. The molecule has 1 rings (SSSR count). The van der Waals surface area contributed by atoms with Gasteiger partial charge in [0.05, 0.1) is 0 Å². The standard InChI is InChI=1S/C15H21NO/c1-3-11-16(12-4-2)13-10-15(17)14-8-6-5-7-9-14/h5-10,13H,3-4,11-12H2,1-2H3/b13-10-. The second-order valence-corrected chi connectivity index (χ2v) is 4.08. The molecule has 0 bridgehead atoms. The number of rotatable bonds is 7. The number of allylic oxidation sites excluding steroid dienone is 1. The fraction of sp³-hybridized carbons (Fsp3) is 0.400. The second-order valence-electron chi connectivity index (χ2n) is 4.08. The van der Waals surface area contributed by atoms with Crippen molar-refractivity contribution in [1.82, 2.24) is 4.90 Å². The molecule has 0 aliphatic heterocycles. The summed E-state index contributed by atoms with van der Waals surface area (Å²) in [6.45, 7) is 6.31. The lowest BCUT2D eigenvalue weighted by Crippen LogP contribution is -2.19. The summed E-state index contributed by atoms with van der Waals surface area (Å²) in [6.07, 6.45) is 5.79. The molecule has 92 valence electrons. The lowest BCUT2D eigenvalue weighted by atomic mass is 10.1. The minimum atomic E-state index is 0.0720. The number of carbonyl (C=O) groups excluding carboxylic acids is 1. The number of hydrogen-bond donors (Lipinski definition) is 0. The smallest absolute Gasteiger partial charge is 0.187 e. The molecular weight excluding hydrogens is 210 g/mol. The Hall–Kier alpha value is -1.57. The molecule has 0 aromatic heterocycles. The van der Waals surface area contributed by atoms with Gasteiger partial charge < -0.3 is 4.90 Å². The second kappa shape index (κ2) is 7.66. The van der Waals surface area contributed by atoms with E-state index in [1.54, 1.807) is 6.08 Å². The molecule has 1 aromatic carbocycles. The average Bonchev–Trinajstić information content (AvgIpc) is 2.37. The van der Waals surface area contributed by atoms with Crippen molar-refractivity contribution in [3.63, 3.8) is 0 Å². The average molecular weight is 231 g/mol. The van der Waals surface area contributed by atoms with Crippen molar-refractivity contribution in [2.45, 2.75) is 26.7 Å². The third kappa shape index (κ3) is 4.85. The van der Waals surface area contributed by atoms with Crippen LogP contribution in [0.2, 0.25) is 0 Å². The Kier molecular flexibility index (Phi) is 6.08. The van der Waals surface area contributed by atoms with Crippen LogP contribution in [-0.4, -0.2) is 23.8 Å². The first-order chi connectivity index (χ1) is 8.27. The van der Waals surface area contributed by atoms with E-state index < -0.39 is 0 Å². The van der Waals surface area contributed by atoms with Gasteiger partial charge in [-0.2, -0.15) is 0 Å². The number of ketones is 1. The van der Waals surface area contributed by atoms with Crippen molar-refractivity contribution in [3.8, 4) is 0 Å². The van der Waals surface area contributed by atoms with E-state index in [1.807, 2.05) is 36.5 Å². The van der Waals surface area contributed by atoms with Gasteiger partial charge in [-0.1, -0.05) is 44.2 Å². The molecule has 0 unspecified atom stereocenters. The van der Waals surface area contributed by atoms with Gasteiger partial charge in [-0.25, -0.2) is 0 Å². The van der Waals surface area contributed by atoms with Crippen LogP contribution in [0.1, 0.15) is 37.0 Å². The van der Waals surface area contributed by atoms with Crippen LogP contribution in [0.5, 0.6) is 0 Å². The van der Waals surface area contributed by atoms with Gasteiger partial charge in [0.1, 0.15) is 0 Å². The Labute approximate surface area is 104 Å². The highest BCUT2D eigenvalue weighted by molar-refractivity contribution is 6.04. The van der Waals surface area contributed by atoms with E-state index >= 15 is 0 Å². The van der Waals surface area contributed by atoms with E-state index in [9.17, 15) is 4.79 Å². The zero-order valence-electron chi connectivity index (χ0n) is 10.7.